The van der Waals surface area contributed by atoms with Gasteiger partial charge in [0.25, 0.3) is 5.56 Å². The molecule has 2 unspecified atom stereocenters. The molecule has 9 heteroatoms. The lowest BCUT2D eigenvalue weighted by molar-refractivity contribution is -0.0933. The van der Waals surface area contributed by atoms with Crippen molar-refractivity contribution < 1.29 is 9.84 Å². The normalized spacial score (nSPS) is 23.8. The van der Waals surface area contributed by atoms with Crippen LogP contribution in [0.15, 0.2) is 11.1 Å². The highest BCUT2D eigenvalue weighted by Gasteiger charge is 2.25. The van der Waals surface area contributed by atoms with E-state index in [9.17, 15) is 4.79 Å². The topological polar surface area (TPSA) is 131 Å². The van der Waals surface area contributed by atoms with E-state index in [1.807, 2.05) is 0 Å². The first-order chi connectivity index (χ1) is 9.19. The van der Waals surface area contributed by atoms with Crippen molar-refractivity contribution in [1.29, 1.82) is 0 Å². The maximum atomic E-state index is 11.7. The number of nitrogens with zero attached hydrogens (tertiary/aromatic N) is 3. The number of nitrogens with two attached hydrogens (primary N) is 1. The molecule has 2 aromatic heterocycles. The van der Waals surface area contributed by atoms with Crippen molar-refractivity contribution in [2.45, 2.75) is 12.3 Å². The van der Waals surface area contributed by atoms with E-state index in [0.717, 1.165) is 0 Å². The van der Waals surface area contributed by atoms with Crippen LogP contribution in [-0.4, -0.2) is 50.4 Å². The Morgan fingerprint density at radius 1 is 1.58 bits per heavy atom. The molecule has 0 aliphatic carbocycles. The van der Waals surface area contributed by atoms with Gasteiger partial charge in [-0.05, 0) is 0 Å². The van der Waals surface area contributed by atoms with Gasteiger partial charge in [-0.2, -0.15) is 4.98 Å². The van der Waals surface area contributed by atoms with Gasteiger partial charge in [0.1, 0.15) is 6.23 Å². The fourth-order valence-electron chi connectivity index (χ4n) is 2.11. The number of ether oxygens (including phenoxy) is 1. The Kier molecular flexibility index (Phi) is 2.93. The highest BCUT2D eigenvalue weighted by atomic mass is 16.5. The van der Waals surface area contributed by atoms with E-state index in [4.69, 9.17) is 15.6 Å². The Morgan fingerprint density at radius 3 is 3.21 bits per heavy atom. The van der Waals surface area contributed by atoms with Crippen LogP contribution in [-0.2, 0) is 4.74 Å². The molecule has 1 saturated heterocycles. The lowest BCUT2D eigenvalue weighted by atomic mass is 10.3. The molecule has 19 heavy (non-hydrogen) atoms. The summed E-state index contributed by atoms with van der Waals surface area (Å²) in [5, 5.41) is 12.3. The van der Waals surface area contributed by atoms with Gasteiger partial charge < -0.3 is 20.9 Å². The average Bonchev–Trinajstić information content (AvgIpc) is 2.82. The Hall–Kier alpha value is -1.97. The van der Waals surface area contributed by atoms with Crippen LogP contribution in [0.2, 0.25) is 0 Å². The Labute approximate surface area is 107 Å². The maximum absolute atomic E-state index is 11.7. The Balaban J connectivity index is 2.03. The average molecular weight is 266 g/mol. The zero-order valence-electron chi connectivity index (χ0n) is 10.0. The number of aromatic nitrogens is 4. The van der Waals surface area contributed by atoms with Crippen molar-refractivity contribution in [3.05, 3.63) is 16.7 Å². The van der Waals surface area contributed by atoms with Crippen molar-refractivity contribution in [1.82, 2.24) is 24.8 Å². The molecule has 3 heterocycles. The number of imidazole rings is 1. The van der Waals surface area contributed by atoms with Gasteiger partial charge >= 0.3 is 0 Å². The van der Waals surface area contributed by atoms with Gasteiger partial charge in [-0.25, -0.2) is 4.98 Å². The molecular formula is C10H14N6O3. The van der Waals surface area contributed by atoms with Crippen LogP contribution in [0.3, 0.4) is 0 Å². The lowest BCUT2D eigenvalue weighted by Crippen LogP contribution is -2.44. The first-order valence-electron chi connectivity index (χ1n) is 5.88. The molecule has 0 radical (unpaired) electrons. The summed E-state index contributed by atoms with van der Waals surface area (Å²) in [7, 11) is 0. The van der Waals surface area contributed by atoms with Gasteiger partial charge in [-0.1, -0.05) is 0 Å². The number of hydrogen-bond acceptors (Lipinski definition) is 7. The standard InChI is InChI=1S/C10H14N6O3/c11-10-14-8-7(9(18)15-10)13-4-16(8)6-2-12-1-5(3-17)19-6/h4-6,12,17H,1-3H2,(H3,11,14,15,18). The lowest BCUT2D eigenvalue weighted by Gasteiger charge is -2.30. The van der Waals surface area contributed by atoms with Crippen molar-refractivity contribution >= 4 is 17.1 Å². The third-order valence-electron chi connectivity index (χ3n) is 3.01. The monoisotopic (exact) mass is 266 g/mol. The van der Waals surface area contributed by atoms with Gasteiger partial charge in [0.2, 0.25) is 5.95 Å². The van der Waals surface area contributed by atoms with E-state index in [-0.39, 0.29) is 36.0 Å². The molecule has 1 aliphatic rings. The minimum Gasteiger partial charge on any atom is -0.394 e. The molecule has 0 saturated carbocycles. The molecule has 102 valence electrons. The molecule has 2 atom stereocenters. The number of H-pyrrole nitrogens is 1. The molecule has 2 aromatic rings. The van der Waals surface area contributed by atoms with Crippen molar-refractivity contribution in [2.75, 3.05) is 25.4 Å². The number of anilines is 1. The second-order valence-corrected chi connectivity index (χ2v) is 4.33. The summed E-state index contributed by atoms with van der Waals surface area (Å²) in [4.78, 5) is 22.1. The second-order valence-electron chi connectivity index (χ2n) is 4.33. The zero-order valence-corrected chi connectivity index (χ0v) is 10.0. The van der Waals surface area contributed by atoms with Gasteiger partial charge in [0.15, 0.2) is 11.2 Å². The predicted molar refractivity (Wildman–Crippen MR) is 66.4 cm³/mol. The summed E-state index contributed by atoms with van der Waals surface area (Å²) in [6, 6.07) is 0. The minimum atomic E-state index is -0.385. The molecule has 1 aliphatic heterocycles. The van der Waals surface area contributed by atoms with Crippen molar-refractivity contribution in [3.63, 3.8) is 0 Å². The van der Waals surface area contributed by atoms with E-state index >= 15 is 0 Å². The number of morpholine rings is 1. The van der Waals surface area contributed by atoms with Crippen molar-refractivity contribution in [2.24, 2.45) is 0 Å². The van der Waals surface area contributed by atoms with Gasteiger partial charge in [-0.3, -0.25) is 14.3 Å². The summed E-state index contributed by atoms with van der Waals surface area (Å²) >= 11 is 0. The quantitative estimate of drug-likeness (QED) is 0.503. The van der Waals surface area contributed by atoms with Crippen LogP contribution < -0.4 is 16.6 Å². The van der Waals surface area contributed by atoms with Crippen LogP contribution in [0, 0.1) is 0 Å². The molecule has 0 amide bonds. The van der Waals surface area contributed by atoms with Crippen LogP contribution >= 0.6 is 0 Å². The summed E-state index contributed by atoms with van der Waals surface area (Å²) < 4.78 is 7.32. The van der Waals surface area contributed by atoms with E-state index in [1.54, 1.807) is 4.57 Å². The van der Waals surface area contributed by atoms with E-state index in [0.29, 0.717) is 18.7 Å². The van der Waals surface area contributed by atoms with Crippen LogP contribution in [0.1, 0.15) is 6.23 Å². The molecule has 0 aromatic carbocycles. The SMILES string of the molecule is Nc1nc2c(ncn2C2CNCC(CO)O2)c(=O)[nH]1. The van der Waals surface area contributed by atoms with Gasteiger partial charge in [0.05, 0.1) is 19.0 Å². The molecule has 9 nitrogen and oxygen atoms in total. The number of hydrogen-bond donors (Lipinski definition) is 4. The molecule has 3 rings (SSSR count). The first-order valence-corrected chi connectivity index (χ1v) is 5.88. The number of nitrogens with one attached hydrogen (secondary N) is 2. The minimum absolute atomic E-state index is 0.0294. The molecule has 1 fully saturated rings. The number of aliphatic hydroxyl groups is 1. The first kappa shape index (κ1) is 12.1. The smallest absolute Gasteiger partial charge is 0.280 e. The molecular weight excluding hydrogens is 252 g/mol. The number of nitrogen functional groups attached to an aromatic ring is 1. The predicted octanol–water partition coefficient (Wildman–Crippen LogP) is -1.82. The Morgan fingerprint density at radius 2 is 2.42 bits per heavy atom. The van der Waals surface area contributed by atoms with Crippen molar-refractivity contribution in [3.8, 4) is 0 Å². The van der Waals surface area contributed by atoms with Gasteiger partial charge in [-0.15, -0.1) is 0 Å². The van der Waals surface area contributed by atoms with Crippen LogP contribution in [0.4, 0.5) is 5.95 Å². The van der Waals surface area contributed by atoms with Gasteiger partial charge in [0, 0.05) is 13.1 Å². The number of aliphatic hydroxyl groups excluding tert-OH is 1. The third kappa shape index (κ3) is 2.07. The zero-order chi connectivity index (χ0) is 13.4. The van der Waals surface area contributed by atoms with Crippen LogP contribution in [0.5, 0.6) is 0 Å². The van der Waals surface area contributed by atoms with Crippen LogP contribution in [0.25, 0.3) is 11.2 Å². The number of aromatic amines is 1. The summed E-state index contributed by atoms with van der Waals surface area (Å²) in [5.74, 6) is 0.0294. The molecule has 5 N–H and O–H groups in total. The highest BCUT2D eigenvalue weighted by Crippen LogP contribution is 2.18. The third-order valence-corrected chi connectivity index (χ3v) is 3.01. The van der Waals surface area contributed by atoms with E-state index in [2.05, 4.69) is 20.3 Å². The maximum Gasteiger partial charge on any atom is 0.280 e. The second kappa shape index (κ2) is 4.61. The van der Waals surface area contributed by atoms with E-state index < -0.39 is 0 Å². The fraction of sp³-hybridized carbons (Fsp3) is 0.500. The highest BCUT2D eigenvalue weighted by molar-refractivity contribution is 5.70. The molecule has 0 spiro atoms. The summed E-state index contributed by atoms with van der Waals surface area (Å²) in [6.07, 6.45) is 0.804. The summed E-state index contributed by atoms with van der Waals surface area (Å²) in [5.41, 5.74) is 5.73. The fourth-order valence-corrected chi connectivity index (χ4v) is 2.11. The number of fused-ring (bicyclic) bond motifs is 1. The van der Waals surface area contributed by atoms with E-state index in [1.165, 1.54) is 6.33 Å². The largest absolute Gasteiger partial charge is 0.394 e. The summed E-state index contributed by atoms with van der Waals surface area (Å²) in [6.45, 7) is 1.04. The molecule has 0 bridgehead atoms. The number of rotatable bonds is 2. The Bertz CT molecular complexity index is 650.